The second-order valence-corrected chi connectivity index (χ2v) is 6.18. The van der Waals surface area contributed by atoms with Gasteiger partial charge in [-0.25, -0.2) is 19.2 Å². The van der Waals surface area contributed by atoms with Crippen molar-refractivity contribution in [2.24, 2.45) is 0 Å². The first-order chi connectivity index (χ1) is 15.1. The lowest BCUT2D eigenvalue weighted by Gasteiger charge is -2.03. The van der Waals surface area contributed by atoms with Crippen LogP contribution in [-0.4, -0.2) is 45.8 Å². The topological polar surface area (TPSA) is 138 Å². The molecular formula is C24H40O8. The minimum absolute atomic E-state index is 0.305. The summed E-state index contributed by atoms with van der Waals surface area (Å²) < 4.78 is 4.91. The second-order valence-electron chi connectivity index (χ2n) is 6.18. The molecule has 0 unspecified atom stereocenters. The van der Waals surface area contributed by atoms with E-state index in [1.54, 1.807) is 0 Å². The van der Waals surface area contributed by atoms with Crippen LogP contribution in [0.15, 0.2) is 50.6 Å². The highest BCUT2D eigenvalue weighted by Crippen LogP contribution is 2.10. The van der Waals surface area contributed by atoms with Crippen LogP contribution in [0.5, 0.6) is 0 Å². The average Bonchev–Trinajstić information content (AvgIpc) is 2.78. The molecule has 184 valence electrons. The molecule has 0 heterocycles. The Bertz CT molecular complexity index is 495. The zero-order valence-corrected chi connectivity index (χ0v) is 19.3. The maximum atomic E-state index is 10.7. The van der Waals surface area contributed by atoms with Crippen molar-refractivity contribution in [1.82, 2.24) is 0 Å². The molecule has 0 saturated carbocycles. The molecule has 0 fully saturated rings. The highest BCUT2D eigenvalue weighted by Gasteiger charge is 1.95. The quantitative estimate of drug-likeness (QED) is 0.169. The Morgan fingerprint density at radius 3 is 1.12 bits per heavy atom. The molecule has 8 nitrogen and oxygen atoms in total. The first-order valence-corrected chi connectivity index (χ1v) is 10.5. The third-order valence-electron chi connectivity index (χ3n) is 3.43. The van der Waals surface area contributed by atoms with Crippen molar-refractivity contribution in [1.29, 1.82) is 0 Å². The molecule has 32 heavy (non-hydrogen) atoms. The Labute approximate surface area is 192 Å². The third-order valence-corrected chi connectivity index (χ3v) is 3.43. The van der Waals surface area contributed by atoms with E-state index in [0.29, 0.717) is 6.61 Å². The summed E-state index contributed by atoms with van der Waals surface area (Å²) in [5.41, 5.74) is 0. The second kappa shape index (κ2) is 32.5. The van der Waals surface area contributed by atoms with Gasteiger partial charge in [-0.1, -0.05) is 91.0 Å². The molecule has 0 amide bonds. The number of rotatable bonds is 15. The van der Waals surface area contributed by atoms with Gasteiger partial charge in [0.25, 0.3) is 0 Å². The molecule has 0 atom stereocenters. The third kappa shape index (κ3) is 56.3. The summed E-state index contributed by atoms with van der Waals surface area (Å²) in [5, 5.41) is 22.8. The van der Waals surface area contributed by atoms with E-state index in [1.807, 2.05) is 0 Å². The zero-order chi connectivity index (χ0) is 25.6. The van der Waals surface area contributed by atoms with E-state index in [4.69, 9.17) is 20.1 Å². The molecule has 0 aliphatic rings. The van der Waals surface area contributed by atoms with Crippen LogP contribution in [0.2, 0.25) is 0 Å². The Morgan fingerprint density at radius 1 is 0.594 bits per heavy atom. The number of hydrogen-bond acceptors (Lipinski definition) is 5. The number of unbranched alkanes of at least 4 members (excludes halogenated alkanes) is 9. The molecule has 0 spiro atoms. The number of aliphatic carboxylic acids is 3. The van der Waals surface area contributed by atoms with E-state index in [2.05, 4.69) is 33.2 Å². The summed E-state index contributed by atoms with van der Waals surface area (Å²) in [6, 6.07) is 0. The number of hydrogen-bond donors (Lipinski definition) is 3. The van der Waals surface area contributed by atoms with Gasteiger partial charge in [-0.2, -0.15) is 0 Å². The van der Waals surface area contributed by atoms with Crippen molar-refractivity contribution in [2.45, 2.75) is 71.1 Å². The van der Waals surface area contributed by atoms with Crippen molar-refractivity contribution in [3.05, 3.63) is 50.6 Å². The van der Waals surface area contributed by atoms with Crippen molar-refractivity contribution in [3.63, 3.8) is 0 Å². The number of carboxylic acid groups (broad SMARTS) is 3. The van der Waals surface area contributed by atoms with Gasteiger partial charge in [0.1, 0.15) is 0 Å². The number of ether oxygens (including phenoxy) is 1. The lowest BCUT2D eigenvalue weighted by atomic mass is 10.1. The standard InChI is InChI=1S/C15H28O2.3C3H4O2/c1-3-5-6-7-8-9-10-11-12-13-14-17-15(16)4-2;3*1-2-3(4)5/h4H,2-3,5-14H2,1H3;3*2H,1H2,(H,4,5). The predicted molar refractivity (Wildman–Crippen MR) is 126 cm³/mol. The van der Waals surface area contributed by atoms with Crippen LogP contribution in [0.3, 0.4) is 0 Å². The molecule has 0 saturated heterocycles. The van der Waals surface area contributed by atoms with Crippen molar-refractivity contribution >= 4 is 23.9 Å². The number of carboxylic acids is 3. The van der Waals surface area contributed by atoms with Gasteiger partial charge in [-0.15, -0.1) is 0 Å². The smallest absolute Gasteiger partial charge is 0.330 e. The Balaban J connectivity index is -0.000000212. The van der Waals surface area contributed by atoms with Gasteiger partial charge >= 0.3 is 23.9 Å². The van der Waals surface area contributed by atoms with Crippen LogP contribution in [0.25, 0.3) is 0 Å². The van der Waals surface area contributed by atoms with E-state index >= 15 is 0 Å². The molecule has 0 rings (SSSR count). The molecule has 0 aromatic carbocycles. The maximum Gasteiger partial charge on any atom is 0.330 e. The summed E-state index contributed by atoms with van der Waals surface area (Å²) >= 11 is 0. The molecule has 0 bridgehead atoms. The maximum absolute atomic E-state index is 10.7. The summed E-state index contributed by atoms with van der Waals surface area (Å²) in [6.07, 6.45) is 16.7. The van der Waals surface area contributed by atoms with E-state index in [9.17, 15) is 19.2 Å². The van der Waals surface area contributed by atoms with Crippen molar-refractivity contribution < 1.29 is 39.2 Å². The minimum Gasteiger partial charge on any atom is -0.478 e. The Morgan fingerprint density at radius 2 is 0.875 bits per heavy atom. The fourth-order valence-electron chi connectivity index (χ4n) is 1.82. The lowest BCUT2D eigenvalue weighted by molar-refractivity contribution is -0.138. The summed E-state index contributed by atoms with van der Waals surface area (Å²) in [7, 11) is 0. The van der Waals surface area contributed by atoms with Crippen LogP contribution in [0.4, 0.5) is 0 Å². The Kier molecular flexibility index (Phi) is 36.8. The van der Waals surface area contributed by atoms with Crippen LogP contribution < -0.4 is 0 Å². The molecular weight excluding hydrogens is 416 g/mol. The summed E-state index contributed by atoms with van der Waals surface area (Å²) in [6.45, 7) is 15.0. The van der Waals surface area contributed by atoms with Gasteiger partial charge in [0, 0.05) is 24.3 Å². The van der Waals surface area contributed by atoms with Gasteiger partial charge in [0.2, 0.25) is 0 Å². The van der Waals surface area contributed by atoms with Crippen molar-refractivity contribution in [3.8, 4) is 0 Å². The minimum atomic E-state index is -0.981. The molecule has 0 aliphatic carbocycles. The first kappa shape index (κ1) is 36.2. The predicted octanol–water partition coefficient (Wildman–Crippen LogP) is 5.41. The SMILES string of the molecule is C=CC(=O)O.C=CC(=O)O.C=CC(=O)O.C=CC(=O)OCCCCCCCCCCCC. The number of carbonyl (C=O) groups excluding carboxylic acids is 1. The normalized spacial score (nSPS) is 8.41. The molecule has 8 heteroatoms. The highest BCUT2D eigenvalue weighted by molar-refractivity contribution is 5.81. The molecule has 0 aromatic heterocycles. The van der Waals surface area contributed by atoms with Crippen molar-refractivity contribution in [2.75, 3.05) is 6.61 Å². The highest BCUT2D eigenvalue weighted by atomic mass is 16.5. The molecule has 0 aromatic rings. The van der Waals surface area contributed by atoms with E-state index in [-0.39, 0.29) is 5.97 Å². The lowest BCUT2D eigenvalue weighted by Crippen LogP contribution is -2.01. The number of esters is 1. The zero-order valence-electron chi connectivity index (χ0n) is 19.3. The summed E-state index contributed by atoms with van der Waals surface area (Å²) in [5.74, 6) is -3.25. The largest absolute Gasteiger partial charge is 0.478 e. The van der Waals surface area contributed by atoms with E-state index < -0.39 is 17.9 Å². The van der Waals surface area contributed by atoms with E-state index in [1.165, 1.54) is 63.9 Å². The monoisotopic (exact) mass is 456 g/mol. The van der Waals surface area contributed by atoms with Gasteiger partial charge in [0.15, 0.2) is 0 Å². The van der Waals surface area contributed by atoms with Crippen LogP contribution in [0, 0.1) is 0 Å². The van der Waals surface area contributed by atoms with E-state index in [0.717, 1.165) is 24.6 Å². The molecule has 0 radical (unpaired) electrons. The van der Waals surface area contributed by atoms with Crippen LogP contribution in [0.1, 0.15) is 71.1 Å². The first-order valence-electron chi connectivity index (χ1n) is 10.5. The van der Waals surface area contributed by atoms with Gasteiger partial charge in [0.05, 0.1) is 6.61 Å². The summed E-state index contributed by atoms with van der Waals surface area (Å²) in [4.78, 5) is 38.5. The molecule has 3 N–H and O–H groups in total. The van der Waals surface area contributed by atoms with Crippen LogP contribution in [-0.2, 0) is 23.9 Å². The van der Waals surface area contributed by atoms with Gasteiger partial charge < -0.3 is 20.1 Å². The van der Waals surface area contributed by atoms with Gasteiger partial charge in [-0.05, 0) is 6.42 Å². The Hall–Kier alpha value is -3.16. The fraction of sp³-hybridized carbons (Fsp3) is 0.500. The average molecular weight is 457 g/mol. The van der Waals surface area contributed by atoms with Gasteiger partial charge in [-0.3, -0.25) is 0 Å². The number of carbonyl (C=O) groups is 4. The van der Waals surface area contributed by atoms with Crippen LogP contribution >= 0.6 is 0 Å². The molecule has 0 aliphatic heterocycles. The fourth-order valence-corrected chi connectivity index (χ4v) is 1.82.